The fourth-order valence-corrected chi connectivity index (χ4v) is 10.8. The van der Waals surface area contributed by atoms with Gasteiger partial charge in [0.25, 0.3) is 11.8 Å². The zero-order chi connectivity index (χ0) is 44.7. The largest absolute Gasteiger partial charge is 0.464 e. The second-order valence-corrected chi connectivity index (χ2v) is 19.1. The summed E-state index contributed by atoms with van der Waals surface area (Å²) in [5, 5.41) is 23.3. The Morgan fingerprint density at radius 2 is 1.45 bits per heavy atom. The first-order valence-corrected chi connectivity index (χ1v) is 24.2. The molecule has 64 heavy (non-hydrogen) atoms. The Morgan fingerprint density at radius 1 is 0.734 bits per heavy atom. The molecule has 3 amide bonds. The third-order valence-corrected chi connectivity index (χ3v) is 14.4. The molecule has 1 atom stereocenters. The van der Waals surface area contributed by atoms with Gasteiger partial charge >= 0.3 is 5.97 Å². The second kappa shape index (κ2) is 20.0. The van der Waals surface area contributed by atoms with Gasteiger partial charge in [0.05, 0.1) is 25.4 Å². The van der Waals surface area contributed by atoms with Crippen molar-refractivity contribution < 1.29 is 28.7 Å². The van der Waals surface area contributed by atoms with Gasteiger partial charge < -0.3 is 20.7 Å². The zero-order valence-corrected chi connectivity index (χ0v) is 38.6. The van der Waals surface area contributed by atoms with E-state index in [1.165, 1.54) is 75.1 Å². The van der Waals surface area contributed by atoms with Gasteiger partial charge in [0.15, 0.2) is 17.1 Å². The number of rotatable bonds is 17. The number of aryl methyl sites for hydroxylation is 1. The first-order chi connectivity index (χ1) is 31.1. The molecule has 0 aliphatic carbocycles. The van der Waals surface area contributed by atoms with Crippen LogP contribution in [0.5, 0.6) is 0 Å². The van der Waals surface area contributed by atoms with E-state index in [9.17, 15) is 24.0 Å². The normalized spacial score (nSPS) is 11.5. The minimum atomic E-state index is -0.571. The molecule has 0 aliphatic rings. The van der Waals surface area contributed by atoms with Crippen LogP contribution in [-0.4, -0.2) is 85.6 Å². The number of anilines is 1. The molecule has 0 aliphatic heterocycles. The summed E-state index contributed by atoms with van der Waals surface area (Å²) >= 11 is 7.75. The van der Waals surface area contributed by atoms with Crippen LogP contribution in [-0.2, 0) is 22.5 Å². The van der Waals surface area contributed by atoms with Crippen molar-refractivity contribution in [2.45, 2.75) is 25.9 Å². The maximum absolute atomic E-state index is 13.3. The number of amides is 3. The van der Waals surface area contributed by atoms with Crippen LogP contribution < -0.4 is 21.3 Å². The lowest BCUT2D eigenvalue weighted by Crippen LogP contribution is -2.39. The Morgan fingerprint density at radius 3 is 2.23 bits per heavy atom. The van der Waals surface area contributed by atoms with E-state index in [2.05, 4.69) is 41.2 Å². The molecule has 0 fully saturated rings. The Balaban J connectivity index is 1.06. The van der Waals surface area contributed by atoms with E-state index >= 15 is 0 Å². The average molecular weight is 968 g/mol. The molecule has 0 spiro atoms. The van der Waals surface area contributed by atoms with E-state index in [1.54, 1.807) is 36.2 Å². The molecular formula is C41H33N11O6S6. The summed E-state index contributed by atoms with van der Waals surface area (Å²) in [6.07, 6.45) is 1.09. The van der Waals surface area contributed by atoms with Gasteiger partial charge in [-0.2, -0.15) is 0 Å². The molecular weight excluding hydrogens is 935 g/mol. The molecule has 4 N–H and O–H groups in total. The number of aromatic nitrogens is 7. The number of pyridine rings is 1. The fourth-order valence-electron chi connectivity index (χ4n) is 6.01. The lowest BCUT2D eigenvalue weighted by atomic mass is 10.1. The van der Waals surface area contributed by atoms with Gasteiger partial charge in [0, 0.05) is 43.9 Å². The smallest absolute Gasteiger partial charge is 0.357 e. The number of ether oxygens (including phenoxy) is 1. The van der Waals surface area contributed by atoms with Crippen LogP contribution in [0.15, 0.2) is 69.4 Å². The molecule has 7 heterocycles. The molecule has 7 aromatic heterocycles. The minimum Gasteiger partial charge on any atom is -0.464 e. The van der Waals surface area contributed by atoms with Gasteiger partial charge in [-0.05, 0) is 38.1 Å². The Bertz CT molecular complexity index is 2990. The number of benzene rings is 1. The first kappa shape index (κ1) is 44.3. The third kappa shape index (κ3) is 10.2. The maximum atomic E-state index is 13.3. The molecule has 0 bridgehead atoms. The summed E-state index contributed by atoms with van der Waals surface area (Å²) < 4.78 is 4.85. The van der Waals surface area contributed by atoms with Crippen LogP contribution in [0.1, 0.15) is 68.5 Å². The van der Waals surface area contributed by atoms with Gasteiger partial charge in [-0.3, -0.25) is 24.5 Å². The highest BCUT2D eigenvalue weighted by molar-refractivity contribution is 7.16. The lowest BCUT2D eigenvalue weighted by Gasteiger charge is -2.17. The van der Waals surface area contributed by atoms with Gasteiger partial charge in [-0.15, -0.1) is 68.0 Å². The van der Waals surface area contributed by atoms with E-state index in [4.69, 9.17) is 19.7 Å². The van der Waals surface area contributed by atoms with Crippen LogP contribution in [0, 0.1) is 6.92 Å². The third-order valence-electron chi connectivity index (χ3n) is 9.07. The van der Waals surface area contributed by atoms with Crippen molar-refractivity contribution in [2.75, 3.05) is 26.0 Å². The zero-order valence-electron chi connectivity index (χ0n) is 33.7. The quantitative estimate of drug-likeness (QED) is 0.0522. The number of methoxy groups -OCH3 is 1. The maximum Gasteiger partial charge on any atom is 0.357 e. The van der Waals surface area contributed by atoms with Gasteiger partial charge in [0.2, 0.25) is 5.91 Å². The number of esters is 1. The van der Waals surface area contributed by atoms with E-state index in [1.807, 2.05) is 47.2 Å². The van der Waals surface area contributed by atoms with E-state index in [-0.39, 0.29) is 40.4 Å². The van der Waals surface area contributed by atoms with Crippen molar-refractivity contribution >= 4 is 103 Å². The number of nitrogens with zero attached hydrogens (tertiary/aromatic N) is 7. The molecule has 0 saturated carbocycles. The van der Waals surface area contributed by atoms with Gasteiger partial charge in [0.1, 0.15) is 59.2 Å². The second-order valence-electron chi connectivity index (χ2n) is 13.5. The topological polar surface area (TPSA) is 233 Å². The van der Waals surface area contributed by atoms with Crippen molar-refractivity contribution in [2.24, 2.45) is 0 Å². The molecule has 17 nitrogen and oxygen atoms in total. The summed E-state index contributed by atoms with van der Waals surface area (Å²) in [7, 11) is 3.08. The molecule has 0 saturated heterocycles. The Labute approximate surface area is 388 Å². The number of thiazole rings is 6. The summed E-state index contributed by atoms with van der Waals surface area (Å²) in [4.78, 5) is 96.0. The predicted molar refractivity (Wildman–Crippen MR) is 248 cm³/mol. The highest BCUT2D eigenvalue weighted by Gasteiger charge is 2.24. The van der Waals surface area contributed by atoms with E-state index in [0.717, 1.165) is 10.6 Å². The standard InChI is InChI=1S/C41H33N11O6S6/c1-20-25(14-53)51-41(64-20)52-35(56)28-17-60-36(48-28)22-9-10-23(37-50-30(19-63-37)40(57)58-3)46-33(22)26-15-61-39(47-26)29-18-62-38(49-29)24(11-21-7-5-4-6-8-21)44-31(54)12-43-34(55)27-16-59-32(45-27)13-42-2/h4-10,14-19,24,42H,11-13H2,1-3H3,(H,43,55)(H,44,54)(H,51,52,56). The molecule has 23 heteroatoms. The van der Waals surface area contributed by atoms with Crippen LogP contribution in [0.3, 0.4) is 0 Å². The molecule has 8 aromatic rings. The number of hydrogen-bond donors (Lipinski definition) is 4. The van der Waals surface area contributed by atoms with Crippen LogP contribution in [0.4, 0.5) is 5.13 Å². The summed E-state index contributed by atoms with van der Waals surface area (Å²) in [6, 6.07) is 12.8. The molecule has 8 rings (SSSR count). The van der Waals surface area contributed by atoms with Crippen molar-refractivity contribution in [3.8, 4) is 43.4 Å². The van der Waals surface area contributed by atoms with Crippen molar-refractivity contribution in [3.63, 3.8) is 0 Å². The van der Waals surface area contributed by atoms with Crippen LogP contribution in [0.2, 0.25) is 0 Å². The van der Waals surface area contributed by atoms with Crippen molar-refractivity contribution in [1.82, 2.24) is 50.8 Å². The number of nitrogens with one attached hydrogen (secondary N) is 4. The number of hydrogen-bond acceptors (Lipinski definition) is 20. The molecule has 1 unspecified atom stereocenters. The highest BCUT2D eigenvalue weighted by atomic mass is 32.1. The van der Waals surface area contributed by atoms with Crippen molar-refractivity contribution in [1.29, 1.82) is 0 Å². The Kier molecular flexibility index (Phi) is 13.8. The van der Waals surface area contributed by atoms with Crippen LogP contribution in [0.25, 0.3) is 43.4 Å². The average Bonchev–Trinajstić information content (AvgIpc) is 4.17. The number of carbonyl (C=O) groups excluding carboxylic acids is 5. The van der Waals surface area contributed by atoms with Crippen LogP contribution >= 0.6 is 68.0 Å². The highest BCUT2D eigenvalue weighted by Crippen LogP contribution is 2.38. The SMILES string of the molecule is CNCc1nc(C(=O)NCC(=O)NC(Cc2ccccc2)c2nc(-c3nc(-c4nc(-c5nc(C(=O)OC)cs5)ccc4-c4nc(C(=O)Nc5nc(C=O)c(C)s5)cs4)cs3)cs2)cs1. The predicted octanol–water partition coefficient (Wildman–Crippen LogP) is 7.20. The minimum absolute atomic E-state index is 0.143. The first-order valence-electron chi connectivity index (χ1n) is 19.0. The van der Waals surface area contributed by atoms with Crippen molar-refractivity contribution in [3.05, 3.63) is 113 Å². The summed E-state index contributed by atoms with van der Waals surface area (Å²) in [5.74, 6) is -1.89. The molecule has 0 radical (unpaired) electrons. The molecule has 1 aromatic carbocycles. The fraction of sp³-hybridized carbons (Fsp3) is 0.171. The number of aldehydes is 1. The van der Waals surface area contributed by atoms with E-state index in [0.29, 0.717) is 72.5 Å². The summed E-state index contributed by atoms with van der Waals surface area (Å²) in [5.41, 5.74) is 4.38. The lowest BCUT2D eigenvalue weighted by molar-refractivity contribution is -0.120. The molecule has 324 valence electrons. The van der Waals surface area contributed by atoms with E-state index < -0.39 is 23.8 Å². The van der Waals surface area contributed by atoms with Gasteiger partial charge in [-0.25, -0.2) is 39.7 Å². The Hall–Kier alpha value is -6.34. The van der Waals surface area contributed by atoms with Gasteiger partial charge in [-0.1, -0.05) is 30.3 Å². The monoisotopic (exact) mass is 967 g/mol. The summed E-state index contributed by atoms with van der Waals surface area (Å²) in [6.45, 7) is 2.03. The number of carbonyl (C=O) groups is 5.